The van der Waals surface area contributed by atoms with E-state index in [-0.39, 0.29) is 11.7 Å². The highest BCUT2D eigenvalue weighted by Crippen LogP contribution is 2.38. The molecule has 1 atom stereocenters. The summed E-state index contributed by atoms with van der Waals surface area (Å²) in [6, 6.07) is 17.1. The Morgan fingerprint density at radius 3 is 2.69 bits per heavy atom. The lowest BCUT2D eigenvalue weighted by molar-refractivity contribution is -0.147. The number of ether oxygens (including phenoxy) is 1. The third-order valence-corrected chi connectivity index (χ3v) is 7.12. The Balaban J connectivity index is 1.28. The van der Waals surface area contributed by atoms with Crippen molar-refractivity contribution >= 4 is 16.8 Å². The summed E-state index contributed by atoms with van der Waals surface area (Å²) >= 11 is 0. The number of fused-ring (bicyclic) bond motifs is 1. The molecule has 1 aromatic heterocycles. The smallest absolute Gasteiger partial charge is 0.229 e. The highest BCUT2D eigenvalue weighted by atomic mass is 19.1. The number of amides is 1. The molecule has 166 valence electrons. The molecule has 1 unspecified atom stereocenters. The second-order valence-electron chi connectivity index (χ2n) is 9.34. The summed E-state index contributed by atoms with van der Waals surface area (Å²) in [7, 11) is 0. The van der Waals surface area contributed by atoms with Gasteiger partial charge in [-0.3, -0.25) is 9.78 Å². The first-order valence-corrected chi connectivity index (χ1v) is 11.6. The maximum absolute atomic E-state index is 13.8. The summed E-state index contributed by atoms with van der Waals surface area (Å²) in [5.41, 5.74) is 2.89. The fourth-order valence-corrected chi connectivity index (χ4v) is 5.33. The second-order valence-corrected chi connectivity index (χ2v) is 9.34. The number of hydrogen-bond acceptors (Lipinski definition) is 3. The Morgan fingerprint density at radius 1 is 1.09 bits per heavy atom. The molecule has 32 heavy (non-hydrogen) atoms. The van der Waals surface area contributed by atoms with Crippen LogP contribution in [-0.4, -0.2) is 42.1 Å². The van der Waals surface area contributed by atoms with E-state index in [1.165, 1.54) is 17.7 Å². The van der Waals surface area contributed by atoms with Gasteiger partial charge in [-0.25, -0.2) is 4.39 Å². The molecule has 1 amide bonds. The zero-order valence-corrected chi connectivity index (χ0v) is 18.3. The van der Waals surface area contributed by atoms with Crippen molar-refractivity contribution in [3.05, 3.63) is 77.7 Å². The van der Waals surface area contributed by atoms with Crippen molar-refractivity contribution in [3.63, 3.8) is 0 Å². The van der Waals surface area contributed by atoms with Gasteiger partial charge in [-0.2, -0.15) is 0 Å². The molecule has 5 heteroatoms. The molecule has 2 saturated heterocycles. The second kappa shape index (κ2) is 8.99. The van der Waals surface area contributed by atoms with Crippen molar-refractivity contribution in [2.24, 2.45) is 11.3 Å². The molecular formula is C27H29FN2O2. The number of carbonyl (C=O) groups is 1. The van der Waals surface area contributed by atoms with Crippen LogP contribution in [0.4, 0.5) is 4.39 Å². The Hall–Kier alpha value is -2.79. The Bertz CT molecular complexity index is 1090. The predicted octanol–water partition coefficient (Wildman–Crippen LogP) is 4.80. The van der Waals surface area contributed by atoms with E-state index in [2.05, 4.69) is 34.1 Å². The third kappa shape index (κ3) is 4.40. The zero-order chi connectivity index (χ0) is 22.0. The maximum Gasteiger partial charge on any atom is 0.229 e. The normalized spacial score (nSPS) is 20.5. The summed E-state index contributed by atoms with van der Waals surface area (Å²) < 4.78 is 19.0. The van der Waals surface area contributed by atoms with Crippen LogP contribution in [0.3, 0.4) is 0 Å². The summed E-state index contributed by atoms with van der Waals surface area (Å²) in [6.45, 7) is 2.82. The minimum atomic E-state index is -0.445. The average molecular weight is 433 g/mol. The van der Waals surface area contributed by atoms with Crippen LogP contribution in [0.1, 0.15) is 30.4 Å². The number of hydrogen-bond donors (Lipinski definition) is 0. The van der Waals surface area contributed by atoms with Gasteiger partial charge in [-0.15, -0.1) is 0 Å². The molecule has 2 aliphatic heterocycles. The number of benzene rings is 2. The molecule has 5 rings (SSSR count). The number of pyridine rings is 1. The number of aromatic nitrogens is 1. The Morgan fingerprint density at radius 2 is 1.88 bits per heavy atom. The van der Waals surface area contributed by atoms with E-state index < -0.39 is 5.41 Å². The van der Waals surface area contributed by atoms with Crippen LogP contribution in [0.5, 0.6) is 0 Å². The molecule has 2 aromatic carbocycles. The topological polar surface area (TPSA) is 42.4 Å². The van der Waals surface area contributed by atoms with E-state index in [4.69, 9.17) is 4.74 Å². The minimum Gasteiger partial charge on any atom is -0.381 e. The summed E-state index contributed by atoms with van der Waals surface area (Å²) in [5.74, 6) is 0.471. The van der Waals surface area contributed by atoms with Crippen LogP contribution in [-0.2, 0) is 22.4 Å². The minimum absolute atomic E-state index is 0.243. The fourth-order valence-electron chi connectivity index (χ4n) is 5.33. The van der Waals surface area contributed by atoms with Gasteiger partial charge in [-0.05, 0) is 79.5 Å². The first-order valence-electron chi connectivity index (χ1n) is 11.6. The fraction of sp³-hybridized carbons (Fsp3) is 0.407. The molecule has 3 aromatic rings. The molecule has 2 aliphatic rings. The lowest BCUT2D eigenvalue weighted by Gasteiger charge is -2.39. The van der Waals surface area contributed by atoms with Crippen LogP contribution in [0.15, 0.2) is 60.8 Å². The first kappa shape index (κ1) is 21.1. The molecule has 4 nitrogen and oxygen atoms in total. The summed E-state index contributed by atoms with van der Waals surface area (Å²) in [5, 5.41) is 1.16. The zero-order valence-electron chi connectivity index (χ0n) is 18.3. The quantitative estimate of drug-likeness (QED) is 0.581. The number of rotatable bonds is 5. The van der Waals surface area contributed by atoms with Crippen molar-refractivity contribution in [1.82, 2.24) is 9.88 Å². The van der Waals surface area contributed by atoms with Gasteiger partial charge in [0.15, 0.2) is 0 Å². The monoisotopic (exact) mass is 432 g/mol. The van der Waals surface area contributed by atoms with Gasteiger partial charge in [0.2, 0.25) is 5.91 Å². The molecular weight excluding hydrogens is 403 g/mol. The van der Waals surface area contributed by atoms with E-state index in [0.29, 0.717) is 25.6 Å². The third-order valence-electron chi connectivity index (χ3n) is 7.12. The molecule has 0 saturated carbocycles. The standard InChI is InChI=1S/C27H29FN2O2/c28-24-6-3-20(4-7-24)18-27(10-14-32-15-11-27)26(31)30-13-9-22(19-30)16-21-5-8-25-23(17-21)2-1-12-29-25/h1-8,12,17,22H,9-11,13-16,18-19H2. The lowest BCUT2D eigenvalue weighted by Crippen LogP contribution is -2.47. The SMILES string of the molecule is O=C(N1CCC(Cc2ccc3ncccc3c2)C1)C1(Cc2ccc(F)cc2)CCOCC1. The number of likely N-dealkylation sites (tertiary alicyclic amines) is 1. The van der Waals surface area contributed by atoms with E-state index in [1.807, 2.05) is 12.3 Å². The van der Waals surface area contributed by atoms with Crippen LogP contribution in [0, 0.1) is 17.2 Å². The predicted molar refractivity (Wildman–Crippen MR) is 123 cm³/mol. The summed E-state index contributed by atoms with van der Waals surface area (Å²) in [6.07, 6.45) is 5.92. The number of carbonyl (C=O) groups excluding carboxylic acids is 1. The van der Waals surface area contributed by atoms with Gasteiger partial charge in [0.05, 0.1) is 10.9 Å². The number of halogens is 1. The molecule has 0 aliphatic carbocycles. The van der Waals surface area contributed by atoms with Gasteiger partial charge in [0, 0.05) is 37.9 Å². The molecule has 2 fully saturated rings. The number of nitrogens with zero attached hydrogens (tertiary/aromatic N) is 2. The van der Waals surface area contributed by atoms with Crippen molar-refractivity contribution in [2.75, 3.05) is 26.3 Å². The first-order chi connectivity index (χ1) is 15.6. The van der Waals surface area contributed by atoms with Gasteiger partial charge in [0.25, 0.3) is 0 Å². The van der Waals surface area contributed by atoms with Gasteiger partial charge in [0.1, 0.15) is 5.82 Å². The maximum atomic E-state index is 13.8. The summed E-state index contributed by atoms with van der Waals surface area (Å²) in [4.78, 5) is 20.2. The Kier molecular flexibility index (Phi) is 5.92. The van der Waals surface area contributed by atoms with Crippen LogP contribution >= 0.6 is 0 Å². The lowest BCUT2D eigenvalue weighted by atomic mass is 9.74. The van der Waals surface area contributed by atoms with Crippen molar-refractivity contribution in [2.45, 2.75) is 32.1 Å². The van der Waals surface area contributed by atoms with Crippen molar-refractivity contribution in [3.8, 4) is 0 Å². The van der Waals surface area contributed by atoms with E-state index in [9.17, 15) is 9.18 Å². The highest BCUT2D eigenvalue weighted by molar-refractivity contribution is 5.83. The molecule has 0 bridgehead atoms. The van der Waals surface area contributed by atoms with Crippen molar-refractivity contribution in [1.29, 1.82) is 0 Å². The van der Waals surface area contributed by atoms with Gasteiger partial charge >= 0.3 is 0 Å². The molecule has 0 spiro atoms. The van der Waals surface area contributed by atoms with E-state index >= 15 is 0 Å². The largest absolute Gasteiger partial charge is 0.381 e. The highest BCUT2D eigenvalue weighted by Gasteiger charge is 2.44. The molecule has 3 heterocycles. The van der Waals surface area contributed by atoms with E-state index in [0.717, 1.165) is 55.2 Å². The van der Waals surface area contributed by atoms with Crippen LogP contribution < -0.4 is 0 Å². The van der Waals surface area contributed by atoms with Crippen LogP contribution in [0.2, 0.25) is 0 Å². The van der Waals surface area contributed by atoms with Crippen molar-refractivity contribution < 1.29 is 13.9 Å². The molecule has 0 N–H and O–H groups in total. The van der Waals surface area contributed by atoms with E-state index in [1.54, 1.807) is 12.1 Å². The van der Waals surface area contributed by atoms with Crippen LogP contribution in [0.25, 0.3) is 10.9 Å². The average Bonchev–Trinajstić information content (AvgIpc) is 3.29. The van der Waals surface area contributed by atoms with Gasteiger partial charge in [-0.1, -0.05) is 24.3 Å². The Labute approximate surface area is 188 Å². The molecule has 0 radical (unpaired) electrons. The van der Waals surface area contributed by atoms with Gasteiger partial charge < -0.3 is 9.64 Å².